The van der Waals surface area contributed by atoms with E-state index >= 15 is 0 Å². The molecule has 0 bridgehead atoms. The molecule has 3 aliphatic rings. The molecule has 2 heterocycles. The Labute approximate surface area is 109 Å². The highest BCUT2D eigenvalue weighted by Crippen LogP contribution is 2.58. The Morgan fingerprint density at radius 2 is 1.17 bits per heavy atom. The molecule has 0 spiro atoms. The van der Waals surface area contributed by atoms with E-state index in [1.807, 2.05) is 0 Å². The SMILES string of the molecule is CC1(C)C(OCC2CO2)C(OCC2CO2)C1(C)C. The maximum Gasteiger partial charge on any atom is 0.104 e. The van der Waals surface area contributed by atoms with Crippen molar-refractivity contribution in [2.75, 3.05) is 26.4 Å². The molecular weight excluding hydrogens is 232 g/mol. The van der Waals surface area contributed by atoms with Gasteiger partial charge in [0.25, 0.3) is 0 Å². The van der Waals surface area contributed by atoms with Gasteiger partial charge in [-0.3, -0.25) is 0 Å². The van der Waals surface area contributed by atoms with E-state index in [1.165, 1.54) is 0 Å². The minimum absolute atomic E-state index is 0.136. The second-order valence-electron chi connectivity index (χ2n) is 6.86. The van der Waals surface area contributed by atoms with Gasteiger partial charge in [-0.05, 0) is 0 Å². The standard InChI is InChI=1S/C14H24O4/c1-13(2)11(17-7-9-5-15-9)12(14(13,3)4)18-8-10-6-16-10/h9-12H,5-8H2,1-4H3. The Morgan fingerprint density at radius 1 is 0.833 bits per heavy atom. The van der Waals surface area contributed by atoms with Crippen LogP contribution in [-0.4, -0.2) is 50.8 Å². The maximum absolute atomic E-state index is 6.03. The summed E-state index contributed by atoms with van der Waals surface area (Å²) in [7, 11) is 0. The zero-order chi connectivity index (χ0) is 13.0. The van der Waals surface area contributed by atoms with Gasteiger partial charge in [-0.25, -0.2) is 0 Å². The van der Waals surface area contributed by atoms with E-state index in [1.54, 1.807) is 0 Å². The minimum atomic E-state index is 0.136. The summed E-state index contributed by atoms with van der Waals surface area (Å²) in [6.45, 7) is 12.1. The van der Waals surface area contributed by atoms with E-state index < -0.39 is 0 Å². The summed E-state index contributed by atoms with van der Waals surface area (Å²) < 4.78 is 22.5. The summed E-state index contributed by atoms with van der Waals surface area (Å²) >= 11 is 0. The molecule has 3 fully saturated rings. The van der Waals surface area contributed by atoms with Crippen LogP contribution in [0.15, 0.2) is 0 Å². The fraction of sp³-hybridized carbons (Fsp3) is 1.00. The zero-order valence-electron chi connectivity index (χ0n) is 11.8. The van der Waals surface area contributed by atoms with Gasteiger partial charge in [-0.15, -0.1) is 0 Å². The highest BCUT2D eigenvalue weighted by atomic mass is 16.6. The normalized spacial score (nSPS) is 43.3. The van der Waals surface area contributed by atoms with Crippen molar-refractivity contribution in [1.29, 1.82) is 0 Å². The fourth-order valence-electron chi connectivity index (χ4n) is 2.74. The van der Waals surface area contributed by atoms with Crippen LogP contribution in [-0.2, 0) is 18.9 Å². The minimum Gasteiger partial charge on any atom is -0.372 e. The molecule has 0 aromatic heterocycles. The van der Waals surface area contributed by atoms with Crippen molar-refractivity contribution in [3.63, 3.8) is 0 Å². The number of hydrogen-bond acceptors (Lipinski definition) is 4. The van der Waals surface area contributed by atoms with E-state index in [9.17, 15) is 0 Å². The summed E-state index contributed by atoms with van der Waals surface area (Å²) in [5.41, 5.74) is 0.272. The zero-order valence-corrected chi connectivity index (χ0v) is 11.8. The topological polar surface area (TPSA) is 43.5 Å². The summed E-state index contributed by atoms with van der Waals surface area (Å²) in [6, 6.07) is 0. The molecule has 4 nitrogen and oxygen atoms in total. The first-order valence-electron chi connectivity index (χ1n) is 6.89. The van der Waals surface area contributed by atoms with E-state index in [4.69, 9.17) is 18.9 Å². The lowest BCUT2D eigenvalue weighted by Crippen LogP contribution is -2.69. The van der Waals surface area contributed by atoms with Gasteiger partial charge >= 0.3 is 0 Å². The van der Waals surface area contributed by atoms with Crippen molar-refractivity contribution in [3.05, 3.63) is 0 Å². The Kier molecular flexibility index (Phi) is 2.98. The lowest BCUT2D eigenvalue weighted by molar-refractivity contribution is -0.283. The third kappa shape index (κ3) is 2.09. The largest absolute Gasteiger partial charge is 0.372 e. The van der Waals surface area contributed by atoms with E-state index in [0.717, 1.165) is 13.2 Å². The first-order chi connectivity index (χ1) is 8.43. The summed E-state index contributed by atoms with van der Waals surface area (Å²) in [6.07, 6.45) is 0.958. The van der Waals surface area contributed by atoms with Crippen molar-refractivity contribution >= 4 is 0 Å². The highest BCUT2D eigenvalue weighted by molar-refractivity contribution is 5.12. The molecule has 0 amide bonds. The maximum atomic E-state index is 6.03. The molecule has 3 rings (SSSR count). The molecule has 104 valence electrons. The average Bonchev–Trinajstić information content (AvgIpc) is 3.13. The van der Waals surface area contributed by atoms with Crippen molar-refractivity contribution in [3.8, 4) is 0 Å². The van der Waals surface area contributed by atoms with Gasteiger partial charge in [0, 0.05) is 10.8 Å². The van der Waals surface area contributed by atoms with Crippen LogP contribution in [0.25, 0.3) is 0 Å². The Balaban J connectivity index is 1.58. The molecule has 0 N–H and O–H groups in total. The van der Waals surface area contributed by atoms with Crippen LogP contribution in [0.2, 0.25) is 0 Å². The number of epoxide rings is 2. The first-order valence-corrected chi connectivity index (χ1v) is 6.89. The molecule has 1 aliphatic carbocycles. The number of ether oxygens (including phenoxy) is 4. The molecule has 4 atom stereocenters. The van der Waals surface area contributed by atoms with Gasteiger partial charge in [0.05, 0.1) is 38.6 Å². The van der Waals surface area contributed by atoms with E-state index in [0.29, 0.717) is 25.4 Å². The predicted molar refractivity (Wildman–Crippen MR) is 66.5 cm³/mol. The van der Waals surface area contributed by atoms with Crippen LogP contribution in [0.5, 0.6) is 0 Å². The second-order valence-corrected chi connectivity index (χ2v) is 6.86. The molecule has 1 saturated carbocycles. The van der Waals surface area contributed by atoms with Crippen molar-refractivity contribution in [1.82, 2.24) is 0 Å². The Morgan fingerprint density at radius 3 is 1.44 bits per heavy atom. The summed E-state index contributed by atoms with van der Waals surface area (Å²) in [4.78, 5) is 0. The molecule has 2 aliphatic heterocycles. The van der Waals surface area contributed by atoms with Crippen LogP contribution >= 0.6 is 0 Å². The predicted octanol–water partition coefficient (Wildman–Crippen LogP) is 1.62. The van der Waals surface area contributed by atoms with E-state index in [-0.39, 0.29) is 23.0 Å². The second kappa shape index (κ2) is 4.17. The number of hydrogen-bond donors (Lipinski definition) is 0. The number of rotatable bonds is 6. The van der Waals surface area contributed by atoms with Gasteiger partial charge < -0.3 is 18.9 Å². The Bertz CT molecular complexity index is 286. The lowest BCUT2D eigenvalue weighted by Gasteiger charge is -2.63. The van der Waals surface area contributed by atoms with Crippen molar-refractivity contribution in [2.45, 2.75) is 52.1 Å². The molecule has 0 aromatic rings. The van der Waals surface area contributed by atoms with Crippen LogP contribution in [0.1, 0.15) is 27.7 Å². The van der Waals surface area contributed by atoms with Gasteiger partial charge in [0.15, 0.2) is 0 Å². The third-order valence-corrected chi connectivity index (χ3v) is 5.09. The average molecular weight is 256 g/mol. The molecule has 4 heteroatoms. The van der Waals surface area contributed by atoms with Gasteiger partial charge in [-0.2, -0.15) is 0 Å². The molecule has 18 heavy (non-hydrogen) atoms. The third-order valence-electron chi connectivity index (χ3n) is 5.09. The van der Waals surface area contributed by atoms with Crippen molar-refractivity contribution in [2.24, 2.45) is 10.8 Å². The molecule has 0 radical (unpaired) electrons. The fourth-order valence-corrected chi connectivity index (χ4v) is 2.74. The van der Waals surface area contributed by atoms with Crippen LogP contribution < -0.4 is 0 Å². The monoisotopic (exact) mass is 256 g/mol. The molecule has 2 saturated heterocycles. The molecule has 0 aromatic carbocycles. The molecular formula is C14H24O4. The van der Waals surface area contributed by atoms with Crippen LogP contribution in [0, 0.1) is 10.8 Å². The first kappa shape index (κ1) is 12.9. The van der Waals surface area contributed by atoms with Gasteiger partial charge in [-0.1, -0.05) is 27.7 Å². The van der Waals surface area contributed by atoms with Crippen molar-refractivity contribution < 1.29 is 18.9 Å². The summed E-state index contributed by atoms with van der Waals surface area (Å²) in [5.74, 6) is 0. The molecule has 4 unspecified atom stereocenters. The Hall–Kier alpha value is -0.160. The lowest BCUT2D eigenvalue weighted by atomic mass is 9.49. The van der Waals surface area contributed by atoms with Gasteiger partial charge in [0.2, 0.25) is 0 Å². The smallest absolute Gasteiger partial charge is 0.104 e. The summed E-state index contributed by atoms with van der Waals surface area (Å²) in [5, 5.41) is 0. The van der Waals surface area contributed by atoms with E-state index in [2.05, 4.69) is 27.7 Å². The van der Waals surface area contributed by atoms with Gasteiger partial charge in [0.1, 0.15) is 12.2 Å². The quantitative estimate of drug-likeness (QED) is 0.677. The highest BCUT2D eigenvalue weighted by Gasteiger charge is 2.64. The van der Waals surface area contributed by atoms with Crippen LogP contribution in [0.3, 0.4) is 0 Å². The van der Waals surface area contributed by atoms with Crippen LogP contribution in [0.4, 0.5) is 0 Å².